The van der Waals surface area contributed by atoms with Crippen LogP contribution in [0.3, 0.4) is 0 Å². The largest absolute Gasteiger partial charge is 0.472 e. The van der Waals surface area contributed by atoms with Gasteiger partial charge in [0.25, 0.3) is 0 Å². The average Bonchev–Trinajstić information content (AvgIpc) is 1.67. The minimum atomic E-state index is -4.98. The highest BCUT2D eigenvalue weighted by Crippen LogP contribution is 2.45. The van der Waals surface area contributed by atoms with Crippen LogP contribution in [-0.2, 0) is 65.4 Å². The Labute approximate surface area is 571 Å². The normalized spacial score (nSPS) is 14.4. The van der Waals surface area contributed by atoms with E-state index in [2.05, 4.69) is 76.3 Å². The summed E-state index contributed by atoms with van der Waals surface area (Å²) < 4.78 is 68.2. The molecule has 0 aromatic heterocycles. The Balaban J connectivity index is 5.38. The second kappa shape index (κ2) is 68.0. The molecule has 546 valence electrons. The molecule has 0 rings (SSSR count). The Morgan fingerprint density at radius 1 is 0.319 bits per heavy atom. The lowest BCUT2D eigenvalue weighted by atomic mass is 10.0. The summed E-state index contributed by atoms with van der Waals surface area (Å²) >= 11 is 0. The molecule has 0 aromatic rings. The molecule has 0 heterocycles. The molecule has 0 aliphatic heterocycles. The number of phosphoric ester groups is 2. The number of ether oxygens (including phenoxy) is 4. The molecule has 94 heavy (non-hydrogen) atoms. The molecular formula is C75H134O17P2. The van der Waals surface area contributed by atoms with Gasteiger partial charge in [-0.1, -0.05) is 293 Å². The van der Waals surface area contributed by atoms with Crippen molar-refractivity contribution in [3.05, 3.63) is 72.9 Å². The third kappa shape index (κ3) is 67.1. The van der Waals surface area contributed by atoms with Gasteiger partial charge in [-0.3, -0.25) is 37.3 Å². The number of aliphatic hydroxyl groups excluding tert-OH is 1. The fourth-order valence-electron chi connectivity index (χ4n) is 10.1. The van der Waals surface area contributed by atoms with Crippen molar-refractivity contribution in [2.24, 2.45) is 0 Å². The first kappa shape index (κ1) is 90.5. The molecule has 0 spiro atoms. The summed E-state index contributed by atoms with van der Waals surface area (Å²) in [6.07, 6.45) is 66.4. The zero-order valence-electron chi connectivity index (χ0n) is 59.4. The molecule has 0 fully saturated rings. The molecule has 5 atom stereocenters. The van der Waals surface area contributed by atoms with Crippen LogP contribution < -0.4 is 0 Å². The van der Waals surface area contributed by atoms with Gasteiger partial charge in [-0.15, -0.1) is 0 Å². The van der Waals surface area contributed by atoms with Crippen molar-refractivity contribution in [3.8, 4) is 0 Å². The first-order chi connectivity index (χ1) is 45.7. The van der Waals surface area contributed by atoms with Gasteiger partial charge in [0.2, 0.25) is 0 Å². The molecule has 0 bridgehead atoms. The number of esters is 4. The Bertz CT molecular complexity index is 2070. The Hall–Kier alpha value is -3.50. The van der Waals surface area contributed by atoms with Crippen LogP contribution in [0.4, 0.5) is 0 Å². The number of hydrogen-bond acceptors (Lipinski definition) is 15. The minimum Gasteiger partial charge on any atom is -0.462 e. The lowest BCUT2D eigenvalue weighted by Gasteiger charge is -2.21. The van der Waals surface area contributed by atoms with Crippen LogP contribution in [0.5, 0.6) is 0 Å². The predicted octanol–water partition coefficient (Wildman–Crippen LogP) is 20.9. The summed E-state index contributed by atoms with van der Waals surface area (Å²) in [5.41, 5.74) is 0. The van der Waals surface area contributed by atoms with Crippen molar-refractivity contribution in [1.82, 2.24) is 0 Å². The molecule has 5 unspecified atom stereocenters. The molecule has 17 nitrogen and oxygen atoms in total. The van der Waals surface area contributed by atoms with Gasteiger partial charge in [-0.25, -0.2) is 9.13 Å². The van der Waals surface area contributed by atoms with E-state index < -0.39 is 97.5 Å². The van der Waals surface area contributed by atoms with E-state index in [9.17, 15) is 43.2 Å². The molecule has 0 aliphatic rings. The number of unbranched alkanes of at least 4 members (excludes halogenated alkanes) is 33. The summed E-state index contributed by atoms with van der Waals surface area (Å²) in [6, 6.07) is 0. The van der Waals surface area contributed by atoms with Gasteiger partial charge < -0.3 is 33.8 Å². The van der Waals surface area contributed by atoms with E-state index in [1.165, 1.54) is 128 Å². The van der Waals surface area contributed by atoms with Crippen LogP contribution in [0.1, 0.15) is 323 Å². The lowest BCUT2D eigenvalue weighted by Crippen LogP contribution is -2.30. The maximum atomic E-state index is 13.0. The summed E-state index contributed by atoms with van der Waals surface area (Å²) in [5, 5.41) is 10.6. The van der Waals surface area contributed by atoms with E-state index in [1.807, 2.05) is 18.2 Å². The van der Waals surface area contributed by atoms with Gasteiger partial charge in [0.05, 0.1) is 32.8 Å². The lowest BCUT2D eigenvalue weighted by molar-refractivity contribution is -0.161. The van der Waals surface area contributed by atoms with Crippen LogP contribution in [0.25, 0.3) is 0 Å². The van der Waals surface area contributed by atoms with Crippen LogP contribution in [0.15, 0.2) is 72.9 Å². The van der Waals surface area contributed by atoms with Crippen LogP contribution in [0.2, 0.25) is 0 Å². The van der Waals surface area contributed by atoms with Crippen molar-refractivity contribution in [2.75, 3.05) is 39.6 Å². The number of allylic oxidation sites excluding steroid dienone is 11. The second-order valence-electron chi connectivity index (χ2n) is 24.9. The molecule has 0 radical (unpaired) electrons. The fraction of sp³-hybridized carbons (Fsp3) is 0.787. The zero-order chi connectivity index (χ0) is 69.0. The molecular weight excluding hydrogens is 1230 g/mol. The van der Waals surface area contributed by atoms with Crippen LogP contribution in [0, 0.1) is 0 Å². The van der Waals surface area contributed by atoms with Gasteiger partial charge in [0.1, 0.15) is 19.3 Å². The summed E-state index contributed by atoms with van der Waals surface area (Å²) in [4.78, 5) is 72.6. The van der Waals surface area contributed by atoms with Gasteiger partial charge in [-0.2, -0.15) is 0 Å². The molecule has 0 amide bonds. The number of carbonyl (C=O) groups excluding carboxylic acids is 4. The molecule has 0 aliphatic carbocycles. The number of phosphoric acid groups is 2. The van der Waals surface area contributed by atoms with E-state index in [1.54, 1.807) is 6.08 Å². The second-order valence-corrected chi connectivity index (χ2v) is 27.8. The van der Waals surface area contributed by atoms with E-state index in [4.69, 9.17) is 37.0 Å². The number of hydrogen-bond donors (Lipinski definition) is 3. The first-order valence-corrected chi connectivity index (χ1v) is 40.2. The van der Waals surface area contributed by atoms with Crippen molar-refractivity contribution in [1.29, 1.82) is 0 Å². The van der Waals surface area contributed by atoms with E-state index in [-0.39, 0.29) is 25.7 Å². The highest BCUT2D eigenvalue weighted by Gasteiger charge is 2.30. The smallest absolute Gasteiger partial charge is 0.462 e. The van der Waals surface area contributed by atoms with Gasteiger partial charge in [-0.05, 0) is 77.0 Å². The molecule has 3 N–H and O–H groups in total. The van der Waals surface area contributed by atoms with E-state index in [0.717, 1.165) is 116 Å². The third-order valence-corrected chi connectivity index (χ3v) is 17.6. The SMILES string of the molecule is CC/C=C\C/C=C\C/C=C\C/C=C\C/C=C\CC(=O)OCC(COP(=O)(O)OCC(O)COP(=O)(O)OCC(COC(=O)CCCCCCC/C=C\CCCCCC)OC(=O)CCCCCCCCCCCCCCC)OC(=O)CCCCCCCCCCCCCCC. The van der Waals surface area contributed by atoms with Gasteiger partial charge in [0.15, 0.2) is 12.2 Å². The highest BCUT2D eigenvalue weighted by atomic mass is 31.2. The molecule has 0 aromatic carbocycles. The monoisotopic (exact) mass is 1370 g/mol. The zero-order valence-corrected chi connectivity index (χ0v) is 61.2. The van der Waals surface area contributed by atoms with Crippen LogP contribution >= 0.6 is 15.6 Å². The Morgan fingerprint density at radius 2 is 0.596 bits per heavy atom. The Morgan fingerprint density at radius 3 is 0.947 bits per heavy atom. The number of carbonyl (C=O) groups is 4. The van der Waals surface area contributed by atoms with E-state index in [0.29, 0.717) is 25.7 Å². The van der Waals surface area contributed by atoms with Crippen molar-refractivity contribution < 1.29 is 80.2 Å². The topological polar surface area (TPSA) is 237 Å². The third-order valence-electron chi connectivity index (χ3n) is 15.7. The fourth-order valence-corrected chi connectivity index (χ4v) is 11.6. The van der Waals surface area contributed by atoms with Gasteiger partial charge >= 0.3 is 39.5 Å². The standard InChI is InChI=1S/C75H134O17P2/c1-5-9-13-17-21-25-29-33-34-38-40-44-48-52-56-60-73(78)86-66-71(92-75(80)62-58-54-50-46-42-37-32-28-24-20-16-12-8-4)68-90-94(83,84)88-64-69(76)63-87-93(81,82)89-67-70(91-74(79)61-57-53-49-45-41-36-31-27-23-19-15-11-7-3)65-85-72(77)59-55-51-47-43-39-35-30-26-22-18-14-10-6-2/h9,13,21,25-26,30,33-34,40,44,52,56,69-71,76H,5-8,10-12,14-20,22-24,27-29,31-32,35-39,41-43,45-51,53-55,57-68H2,1-4H3,(H,81,82)(H,83,84)/b13-9-,25-21-,30-26-,34-33-,44-40-,56-52-. The highest BCUT2D eigenvalue weighted by molar-refractivity contribution is 7.47. The van der Waals surface area contributed by atoms with E-state index >= 15 is 0 Å². The number of rotatable bonds is 70. The van der Waals surface area contributed by atoms with Crippen LogP contribution in [-0.4, -0.2) is 96.7 Å². The minimum absolute atomic E-state index is 0.0667. The average molecular weight is 1370 g/mol. The quantitative estimate of drug-likeness (QED) is 0.0169. The summed E-state index contributed by atoms with van der Waals surface area (Å²) in [7, 11) is -9.95. The molecule has 0 saturated heterocycles. The first-order valence-electron chi connectivity index (χ1n) is 37.2. The van der Waals surface area contributed by atoms with Crippen molar-refractivity contribution in [3.63, 3.8) is 0 Å². The summed E-state index contributed by atoms with van der Waals surface area (Å²) in [5.74, 6) is -2.31. The number of aliphatic hydroxyl groups is 1. The summed E-state index contributed by atoms with van der Waals surface area (Å²) in [6.45, 7) is 4.65. The van der Waals surface area contributed by atoms with Crippen molar-refractivity contribution in [2.45, 2.75) is 341 Å². The Kier molecular flexibility index (Phi) is 65.5. The molecule has 19 heteroatoms. The van der Waals surface area contributed by atoms with Gasteiger partial charge in [0, 0.05) is 19.3 Å². The predicted molar refractivity (Wildman–Crippen MR) is 381 cm³/mol. The maximum Gasteiger partial charge on any atom is 0.472 e. The van der Waals surface area contributed by atoms with Crippen molar-refractivity contribution >= 4 is 39.5 Å². The molecule has 0 saturated carbocycles. The maximum absolute atomic E-state index is 13.0.